The zero-order valence-electron chi connectivity index (χ0n) is 12.1. The molecule has 0 atom stereocenters. The van der Waals surface area contributed by atoms with Crippen LogP contribution in [0, 0.1) is 11.8 Å². The number of aliphatic hydroxyl groups is 1. The Morgan fingerprint density at radius 1 is 1.52 bits per heavy atom. The first kappa shape index (κ1) is 15.5. The molecule has 0 spiro atoms. The van der Waals surface area contributed by atoms with Gasteiger partial charge in [-0.1, -0.05) is 11.8 Å². The zero-order chi connectivity index (χ0) is 15.1. The molecule has 21 heavy (non-hydrogen) atoms. The van der Waals surface area contributed by atoms with Gasteiger partial charge in [0.25, 0.3) is 5.91 Å². The normalized spacial score (nSPS) is 14.0. The summed E-state index contributed by atoms with van der Waals surface area (Å²) in [6.45, 7) is 0.887. The van der Waals surface area contributed by atoms with Gasteiger partial charge in [-0.15, -0.1) is 0 Å². The van der Waals surface area contributed by atoms with Crippen LogP contribution in [0.15, 0.2) is 18.3 Å². The Hall–Kier alpha value is -1.90. The van der Waals surface area contributed by atoms with Crippen molar-refractivity contribution in [3.63, 3.8) is 0 Å². The van der Waals surface area contributed by atoms with E-state index in [1.54, 1.807) is 18.3 Å². The number of aliphatic hydroxyl groups excluding tert-OH is 1. The molecule has 1 amide bonds. The zero-order valence-corrected chi connectivity index (χ0v) is 12.1. The molecule has 0 radical (unpaired) electrons. The van der Waals surface area contributed by atoms with Gasteiger partial charge in [-0.05, 0) is 37.8 Å². The third-order valence-electron chi connectivity index (χ3n) is 3.67. The highest BCUT2D eigenvalue weighted by molar-refractivity contribution is 5.95. The summed E-state index contributed by atoms with van der Waals surface area (Å²) in [6.07, 6.45) is 5.38. The first-order valence-corrected chi connectivity index (χ1v) is 7.33. The molecule has 1 saturated carbocycles. The number of hydrogen-bond acceptors (Lipinski definition) is 4. The van der Waals surface area contributed by atoms with Crippen molar-refractivity contribution in [2.75, 3.05) is 19.7 Å². The first-order chi connectivity index (χ1) is 10.3. The van der Waals surface area contributed by atoms with Gasteiger partial charge in [-0.25, -0.2) is 4.98 Å². The summed E-state index contributed by atoms with van der Waals surface area (Å²) in [4.78, 5) is 18.8. The molecule has 5 heteroatoms. The molecule has 112 valence electrons. The summed E-state index contributed by atoms with van der Waals surface area (Å²) in [5, 5.41) is 9.02. The molecular weight excluding hydrogens is 266 g/mol. The van der Waals surface area contributed by atoms with Gasteiger partial charge >= 0.3 is 0 Å². The van der Waals surface area contributed by atoms with E-state index in [9.17, 15) is 4.79 Å². The molecule has 1 aliphatic rings. The molecule has 0 bridgehead atoms. The number of carbonyl (C=O) groups excluding carboxylic acids is 1. The number of hydrogen-bond donors (Lipinski definition) is 2. The highest BCUT2D eigenvalue weighted by Crippen LogP contribution is 2.26. The molecule has 1 aliphatic carbocycles. The van der Waals surface area contributed by atoms with Crippen LogP contribution in [0.3, 0.4) is 0 Å². The number of nitrogens with zero attached hydrogens (tertiary/aromatic N) is 2. The minimum absolute atomic E-state index is 0.0819. The second-order valence-corrected chi connectivity index (χ2v) is 5.07. The molecule has 1 aromatic rings. The SMILES string of the molecule is NCC#Cc1cccnc1C(=O)N(CCCO)C1CCC1. The van der Waals surface area contributed by atoms with E-state index in [1.165, 1.54) is 0 Å². The first-order valence-electron chi connectivity index (χ1n) is 7.33. The van der Waals surface area contributed by atoms with Crippen LogP contribution in [0.1, 0.15) is 41.7 Å². The van der Waals surface area contributed by atoms with Gasteiger partial charge in [0.05, 0.1) is 12.1 Å². The lowest BCUT2D eigenvalue weighted by molar-refractivity contribution is 0.0556. The fourth-order valence-electron chi connectivity index (χ4n) is 2.35. The van der Waals surface area contributed by atoms with Crippen molar-refractivity contribution in [2.45, 2.75) is 31.7 Å². The lowest BCUT2D eigenvalue weighted by atomic mass is 9.91. The van der Waals surface area contributed by atoms with Crippen molar-refractivity contribution in [1.82, 2.24) is 9.88 Å². The Morgan fingerprint density at radius 2 is 2.33 bits per heavy atom. The van der Waals surface area contributed by atoms with E-state index in [0.717, 1.165) is 19.3 Å². The molecule has 3 N–H and O–H groups in total. The van der Waals surface area contributed by atoms with Gasteiger partial charge in [0.15, 0.2) is 0 Å². The summed E-state index contributed by atoms with van der Waals surface area (Å²) in [7, 11) is 0. The molecule has 2 rings (SSSR count). The van der Waals surface area contributed by atoms with Crippen molar-refractivity contribution in [3.8, 4) is 11.8 Å². The molecule has 1 fully saturated rings. The Bertz CT molecular complexity index is 544. The van der Waals surface area contributed by atoms with Gasteiger partial charge in [0.1, 0.15) is 5.69 Å². The summed E-state index contributed by atoms with van der Waals surface area (Å²) in [5.74, 6) is 5.57. The number of pyridine rings is 1. The largest absolute Gasteiger partial charge is 0.396 e. The van der Waals surface area contributed by atoms with Crippen LogP contribution in [0.4, 0.5) is 0 Å². The monoisotopic (exact) mass is 287 g/mol. The third kappa shape index (κ3) is 3.81. The lowest BCUT2D eigenvalue weighted by Gasteiger charge is -2.37. The number of rotatable bonds is 5. The smallest absolute Gasteiger partial charge is 0.273 e. The van der Waals surface area contributed by atoms with Gasteiger partial charge in [-0.2, -0.15) is 0 Å². The Balaban J connectivity index is 2.23. The van der Waals surface area contributed by atoms with Gasteiger partial charge < -0.3 is 15.7 Å². The number of nitrogens with two attached hydrogens (primary N) is 1. The minimum atomic E-state index is -0.102. The van der Waals surface area contributed by atoms with Crippen LogP contribution in [0.2, 0.25) is 0 Å². The molecule has 5 nitrogen and oxygen atoms in total. The van der Waals surface area contributed by atoms with Crippen molar-refractivity contribution in [3.05, 3.63) is 29.6 Å². The maximum atomic E-state index is 12.8. The lowest BCUT2D eigenvalue weighted by Crippen LogP contribution is -2.45. The van der Waals surface area contributed by atoms with E-state index in [4.69, 9.17) is 10.8 Å². The van der Waals surface area contributed by atoms with E-state index < -0.39 is 0 Å². The van der Waals surface area contributed by atoms with E-state index >= 15 is 0 Å². The molecule has 0 saturated heterocycles. The topological polar surface area (TPSA) is 79.5 Å². The predicted octanol–water partition coefficient (Wildman–Crippen LogP) is 0.769. The van der Waals surface area contributed by atoms with E-state index in [1.807, 2.05) is 4.90 Å². The summed E-state index contributed by atoms with van der Waals surface area (Å²) in [6, 6.07) is 3.81. The third-order valence-corrected chi connectivity index (χ3v) is 3.67. The summed E-state index contributed by atoms with van der Waals surface area (Å²) in [5.41, 5.74) is 6.38. The maximum Gasteiger partial charge on any atom is 0.273 e. The molecule has 0 unspecified atom stereocenters. The fraction of sp³-hybridized carbons (Fsp3) is 0.500. The van der Waals surface area contributed by atoms with Crippen molar-refractivity contribution >= 4 is 5.91 Å². The average Bonchev–Trinajstić information content (AvgIpc) is 2.47. The second-order valence-electron chi connectivity index (χ2n) is 5.07. The van der Waals surface area contributed by atoms with E-state index in [2.05, 4.69) is 16.8 Å². The molecular formula is C16H21N3O2. The van der Waals surface area contributed by atoms with Crippen molar-refractivity contribution < 1.29 is 9.90 Å². The fourth-order valence-corrected chi connectivity index (χ4v) is 2.35. The van der Waals surface area contributed by atoms with Crippen LogP contribution in [0.5, 0.6) is 0 Å². The Morgan fingerprint density at radius 3 is 2.95 bits per heavy atom. The highest BCUT2D eigenvalue weighted by atomic mass is 16.3. The molecule has 1 heterocycles. The van der Waals surface area contributed by atoms with Gasteiger partial charge in [0.2, 0.25) is 0 Å². The van der Waals surface area contributed by atoms with Crippen LogP contribution in [-0.2, 0) is 0 Å². The van der Waals surface area contributed by atoms with Gasteiger partial charge in [0, 0.05) is 25.4 Å². The van der Waals surface area contributed by atoms with E-state index in [0.29, 0.717) is 24.2 Å². The average molecular weight is 287 g/mol. The quantitative estimate of drug-likeness (QED) is 0.784. The molecule has 0 aliphatic heterocycles. The molecule has 0 aromatic carbocycles. The predicted molar refractivity (Wildman–Crippen MR) is 80.5 cm³/mol. The Labute approximate surface area is 125 Å². The van der Waals surface area contributed by atoms with Crippen LogP contribution in [0.25, 0.3) is 0 Å². The van der Waals surface area contributed by atoms with Crippen molar-refractivity contribution in [2.24, 2.45) is 5.73 Å². The minimum Gasteiger partial charge on any atom is -0.396 e. The number of carbonyl (C=O) groups is 1. The summed E-state index contributed by atoms with van der Waals surface area (Å²) >= 11 is 0. The summed E-state index contributed by atoms with van der Waals surface area (Å²) < 4.78 is 0. The van der Waals surface area contributed by atoms with Crippen molar-refractivity contribution in [1.29, 1.82) is 0 Å². The highest BCUT2D eigenvalue weighted by Gasteiger charge is 2.30. The van der Waals surface area contributed by atoms with Crippen LogP contribution in [-0.4, -0.2) is 46.6 Å². The Kier molecular flexibility index (Phi) is 5.73. The number of aromatic nitrogens is 1. The van der Waals surface area contributed by atoms with Gasteiger partial charge in [-0.3, -0.25) is 4.79 Å². The second kappa shape index (κ2) is 7.77. The number of amides is 1. The van der Waals surface area contributed by atoms with E-state index in [-0.39, 0.29) is 25.1 Å². The molecule has 1 aromatic heterocycles. The van der Waals surface area contributed by atoms with Crippen LogP contribution < -0.4 is 5.73 Å². The maximum absolute atomic E-state index is 12.8. The van der Waals surface area contributed by atoms with Crippen LogP contribution >= 0.6 is 0 Å². The standard InChI is InChI=1S/C16H21N3O2/c17-9-2-5-13-6-3-10-18-15(13)16(21)19(11-4-12-20)14-7-1-8-14/h3,6,10,14,20H,1,4,7-9,11-12,17H2.